The zero-order chi connectivity index (χ0) is 12.5. The number of para-hydroxylation sites is 2. The molecule has 6 nitrogen and oxygen atoms in total. The van der Waals surface area contributed by atoms with Crippen LogP contribution in [-0.2, 0) is 4.79 Å². The molecule has 1 amide bonds. The lowest BCUT2D eigenvalue weighted by Crippen LogP contribution is -2.59. The highest BCUT2D eigenvalue weighted by Crippen LogP contribution is 2.18. The quantitative estimate of drug-likeness (QED) is 0.737. The van der Waals surface area contributed by atoms with Gasteiger partial charge in [-0.05, 0) is 19.1 Å². The molecule has 2 heterocycles. The summed E-state index contributed by atoms with van der Waals surface area (Å²) in [5.41, 5.74) is 1.50. The van der Waals surface area contributed by atoms with Gasteiger partial charge in [0.2, 0.25) is 5.91 Å². The van der Waals surface area contributed by atoms with Crippen molar-refractivity contribution in [3.8, 4) is 0 Å². The Bertz CT molecular complexity index is 547. The van der Waals surface area contributed by atoms with Gasteiger partial charge in [-0.3, -0.25) is 10.1 Å². The molecule has 2 atom stereocenters. The first-order valence-corrected chi connectivity index (χ1v) is 5.88. The zero-order valence-electron chi connectivity index (χ0n) is 9.93. The summed E-state index contributed by atoms with van der Waals surface area (Å²) >= 11 is 0. The molecule has 18 heavy (non-hydrogen) atoms. The molecule has 1 saturated heterocycles. The number of anilines is 1. The van der Waals surface area contributed by atoms with E-state index in [9.17, 15) is 4.79 Å². The summed E-state index contributed by atoms with van der Waals surface area (Å²) in [6.07, 6.45) is 0.125. The Kier molecular flexibility index (Phi) is 2.64. The molecule has 1 aromatic heterocycles. The van der Waals surface area contributed by atoms with Gasteiger partial charge in [0.05, 0.1) is 0 Å². The van der Waals surface area contributed by atoms with Crippen LogP contribution in [0.5, 0.6) is 0 Å². The Balaban J connectivity index is 1.77. The normalized spacial score (nSPS) is 23.9. The Labute approximate surface area is 104 Å². The van der Waals surface area contributed by atoms with Crippen molar-refractivity contribution in [2.45, 2.75) is 25.7 Å². The number of carbonyl (C=O) groups excluding carboxylic acids is 1. The lowest BCUT2D eigenvalue weighted by molar-refractivity contribution is -0.123. The molecule has 6 heteroatoms. The molecule has 94 valence electrons. The average Bonchev–Trinajstić information content (AvgIpc) is 2.69. The monoisotopic (exact) mass is 246 g/mol. The molecule has 3 rings (SSSR count). The van der Waals surface area contributed by atoms with Gasteiger partial charge in [0.15, 0.2) is 11.9 Å². The van der Waals surface area contributed by atoms with Gasteiger partial charge in [-0.2, -0.15) is 4.98 Å². The number of aromatic nitrogens is 1. The molecule has 0 saturated carbocycles. The minimum Gasteiger partial charge on any atom is -0.423 e. The number of rotatable bonds is 2. The molecule has 3 N–H and O–H groups in total. The number of nitrogens with zero attached hydrogens (tertiary/aromatic N) is 1. The SMILES string of the molecule is CC1CC(=O)NC(Nc2nc3ccccc3o2)N1. The maximum Gasteiger partial charge on any atom is 0.298 e. The van der Waals surface area contributed by atoms with Crippen LogP contribution in [0.4, 0.5) is 6.01 Å². The highest BCUT2D eigenvalue weighted by Gasteiger charge is 2.23. The van der Waals surface area contributed by atoms with Crippen LogP contribution in [0.1, 0.15) is 13.3 Å². The number of carbonyl (C=O) groups is 1. The fourth-order valence-corrected chi connectivity index (χ4v) is 2.02. The summed E-state index contributed by atoms with van der Waals surface area (Å²) in [4.78, 5) is 15.7. The Morgan fingerprint density at radius 1 is 1.44 bits per heavy atom. The van der Waals surface area contributed by atoms with E-state index >= 15 is 0 Å². The van der Waals surface area contributed by atoms with Crippen LogP contribution in [0.3, 0.4) is 0 Å². The smallest absolute Gasteiger partial charge is 0.298 e. The van der Waals surface area contributed by atoms with Crippen molar-refractivity contribution < 1.29 is 9.21 Å². The second-order valence-corrected chi connectivity index (χ2v) is 4.40. The second kappa shape index (κ2) is 4.30. The first kappa shape index (κ1) is 11.0. The molecule has 2 aromatic rings. The maximum atomic E-state index is 11.4. The first-order valence-electron chi connectivity index (χ1n) is 5.88. The Morgan fingerprint density at radius 2 is 2.28 bits per heavy atom. The van der Waals surface area contributed by atoms with E-state index in [1.54, 1.807) is 0 Å². The van der Waals surface area contributed by atoms with Crippen molar-refractivity contribution in [1.29, 1.82) is 0 Å². The summed E-state index contributed by atoms with van der Waals surface area (Å²) < 4.78 is 5.53. The van der Waals surface area contributed by atoms with Gasteiger partial charge in [-0.25, -0.2) is 0 Å². The lowest BCUT2D eigenvalue weighted by atomic mass is 10.2. The van der Waals surface area contributed by atoms with Crippen LogP contribution >= 0.6 is 0 Å². The third-order valence-corrected chi connectivity index (χ3v) is 2.81. The molecule has 1 aliphatic heterocycles. The number of nitrogens with one attached hydrogen (secondary N) is 3. The standard InChI is InChI=1S/C12H14N4O2/c1-7-6-10(17)15-11(13-7)16-12-14-8-4-2-3-5-9(8)18-12/h2-5,7,11,13H,6H2,1H3,(H,14,16)(H,15,17). The molecule has 0 aliphatic carbocycles. The van der Waals surface area contributed by atoms with E-state index in [1.807, 2.05) is 31.2 Å². The zero-order valence-corrected chi connectivity index (χ0v) is 9.93. The molecule has 1 fully saturated rings. The van der Waals surface area contributed by atoms with E-state index in [2.05, 4.69) is 20.9 Å². The number of amides is 1. The molecule has 1 aliphatic rings. The molecule has 0 spiro atoms. The predicted octanol–water partition coefficient (Wildman–Crippen LogP) is 1.02. The minimum atomic E-state index is -0.352. The van der Waals surface area contributed by atoms with Crippen molar-refractivity contribution in [1.82, 2.24) is 15.6 Å². The van der Waals surface area contributed by atoms with E-state index < -0.39 is 0 Å². The van der Waals surface area contributed by atoms with E-state index in [0.29, 0.717) is 12.4 Å². The topological polar surface area (TPSA) is 79.2 Å². The van der Waals surface area contributed by atoms with Crippen LogP contribution in [0.15, 0.2) is 28.7 Å². The first-order chi connectivity index (χ1) is 8.70. The van der Waals surface area contributed by atoms with E-state index in [-0.39, 0.29) is 18.2 Å². The van der Waals surface area contributed by atoms with E-state index in [0.717, 1.165) is 11.1 Å². The third kappa shape index (κ3) is 2.14. The largest absolute Gasteiger partial charge is 0.423 e. The van der Waals surface area contributed by atoms with Gasteiger partial charge in [0.1, 0.15) is 5.52 Å². The fourth-order valence-electron chi connectivity index (χ4n) is 2.02. The van der Waals surface area contributed by atoms with Crippen molar-refractivity contribution in [3.63, 3.8) is 0 Å². The second-order valence-electron chi connectivity index (χ2n) is 4.40. The maximum absolute atomic E-state index is 11.4. The minimum absolute atomic E-state index is 0.00913. The summed E-state index contributed by atoms with van der Waals surface area (Å²) in [5.74, 6) is 0.00913. The molecule has 0 bridgehead atoms. The van der Waals surface area contributed by atoms with Crippen molar-refractivity contribution in [2.75, 3.05) is 5.32 Å². The van der Waals surface area contributed by atoms with Crippen molar-refractivity contribution in [3.05, 3.63) is 24.3 Å². The molecular formula is C12H14N4O2. The fraction of sp³-hybridized carbons (Fsp3) is 0.333. The highest BCUT2D eigenvalue weighted by atomic mass is 16.4. The van der Waals surface area contributed by atoms with Crippen molar-refractivity contribution in [2.24, 2.45) is 0 Å². The van der Waals surface area contributed by atoms with E-state index in [1.165, 1.54) is 0 Å². The van der Waals surface area contributed by atoms with Crippen LogP contribution in [0.2, 0.25) is 0 Å². The van der Waals surface area contributed by atoms with Gasteiger partial charge in [-0.15, -0.1) is 0 Å². The molecule has 2 unspecified atom stereocenters. The Morgan fingerprint density at radius 3 is 3.06 bits per heavy atom. The number of benzene rings is 1. The van der Waals surface area contributed by atoms with Crippen LogP contribution in [0.25, 0.3) is 11.1 Å². The summed E-state index contributed by atoms with van der Waals surface area (Å²) in [7, 11) is 0. The van der Waals surface area contributed by atoms with Crippen molar-refractivity contribution >= 4 is 23.0 Å². The van der Waals surface area contributed by atoms with Gasteiger partial charge in [0.25, 0.3) is 6.01 Å². The van der Waals surface area contributed by atoms with Gasteiger partial charge >= 0.3 is 0 Å². The van der Waals surface area contributed by atoms with Gasteiger partial charge in [-0.1, -0.05) is 12.1 Å². The van der Waals surface area contributed by atoms with Gasteiger partial charge < -0.3 is 15.1 Å². The Hall–Kier alpha value is -2.08. The predicted molar refractivity (Wildman–Crippen MR) is 66.8 cm³/mol. The van der Waals surface area contributed by atoms with Crippen LogP contribution in [-0.4, -0.2) is 23.2 Å². The average molecular weight is 246 g/mol. The number of fused-ring (bicyclic) bond motifs is 1. The molecular weight excluding hydrogens is 232 g/mol. The van der Waals surface area contributed by atoms with Crippen LogP contribution in [0, 0.1) is 0 Å². The number of oxazole rings is 1. The van der Waals surface area contributed by atoms with E-state index in [4.69, 9.17) is 4.42 Å². The summed E-state index contributed by atoms with van der Waals surface area (Å²) in [6, 6.07) is 8.03. The number of hydrogen-bond donors (Lipinski definition) is 3. The van der Waals surface area contributed by atoms with Crippen LogP contribution < -0.4 is 16.0 Å². The lowest BCUT2D eigenvalue weighted by Gasteiger charge is -2.29. The highest BCUT2D eigenvalue weighted by molar-refractivity contribution is 5.78. The third-order valence-electron chi connectivity index (χ3n) is 2.81. The molecule has 0 radical (unpaired) electrons. The summed E-state index contributed by atoms with van der Waals surface area (Å²) in [6.45, 7) is 1.96. The molecule has 1 aromatic carbocycles. The van der Waals surface area contributed by atoms with Gasteiger partial charge in [0, 0.05) is 12.5 Å². The summed E-state index contributed by atoms with van der Waals surface area (Å²) in [5, 5.41) is 8.99. The number of hydrogen-bond acceptors (Lipinski definition) is 5.